The van der Waals surface area contributed by atoms with Crippen LogP contribution < -0.4 is 10.5 Å². The molecule has 4 heteroatoms. The predicted molar refractivity (Wildman–Crippen MR) is 66.3 cm³/mol. The van der Waals surface area contributed by atoms with Gasteiger partial charge in [0.2, 0.25) is 0 Å². The van der Waals surface area contributed by atoms with Crippen LogP contribution in [-0.2, 0) is 6.54 Å². The van der Waals surface area contributed by atoms with E-state index in [4.69, 9.17) is 10.5 Å². The lowest BCUT2D eigenvalue weighted by atomic mass is 10.3. The van der Waals surface area contributed by atoms with Gasteiger partial charge in [0.05, 0.1) is 6.20 Å². The van der Waals surface area contributed by atoms with Crippen molar-refractivity contribution < 1.29 is 4.74 Å². The van der Waals surface area contributed by atoms with E-state index >= 15 is 0 Å². The summed E-state index contributed by atoms with van der Waals surface area (Å²) in [7, 11) is 0. The summed E-state index contributed by atoms with van der Waals surface area (Å²) in [5.41, 5.74) is 6.48. The first-order valence-corrected chi connectivity index (χ1v) is 5.64. The van der Waals surface area contributed by atoms with Crippen LogP contribution in [0.3, 0.4) is 0 Å². The highest BCUT2D eigenvalue weighted by Crippen LogP contribution is 2.22. The van der Waals surface area contributed by atoms with E-state index < -0.39 is 0 Å². The first kappa shape index (κ1) is 11.1. The smallest absolute Gasteiger partial charge is 0.146 e. The zero-order valence-corrected chi connectivity index (χ0v) is 10.1. The van der Waals surface area contributed by atoms with E-state index in [0.29, 0.717) is 12.3 Å². The van der Waals surface area contributed by atoms with Crippen LogP contribution in [0, 0.1) is 0 Å². The van der Waals surface area contributed by atoms with E-state index in [0.717, 1.165) is 15.8 Å². The molecule has 0 aliphatic heterocycles. The van der Waals surface area contributed by atoms with Gasteiger partial charge in [-0.3, -0.25) is 4.98 Å². The zero-order valence-electron chi connectivity index (χ0n) is 8.56. The number of nitrogens with zero attached hydrogens (tertiary/aromatic N) is 1. The molecule has 2 aromatic rings. The van der Waals surface area contributed by atoms with Crippen molar-refractivity contribution >= 4 is 15.9 Å². The normalized spacial score (nSPS) is 10.1. The molecule has 0 radical (unpaired) electrons. The second kappa shape index (κ2) is 5.09. The first-order valence-electron chi connectivity index (χ1n) is 4.85. The van der Waals surface area contributed by atoms with Gasteiger partial charge >= 0.3 is 0 Å². The Kier molecular flexibility index (Phi) is 3.54. The Morgan fingerprint density at radius 2 is 1.88 bits per heavy atom. The lowest BCUT2D eigenvalue weighted by Gasteiger charge is -2.06. The number of halogens is 1. The maximum Gasteiger partial charge on any atom is 0.146 e. The van der Waals surface area contributed by atoms with Crippen LogP contribution in [0.2, 0.25) is 0 Å². The van der Waals surface area contributed by atoms with Crippen molar-refractivity contribution in [1.29, 1.82) is 0 Å². The highest BCUT2D eigenvalue weighted by molar-refractivity contribution is 9.10. The number of hydrogen-bond donors (Lipinski definition) is 1. The van der Waals surface area contributed by atoms with Crippen LogP contribution in [-0.4, -0.2) is 4.98 Å². The number of pyridine rings is 1. The van der Waals surface area contributed by atoms with E-state index in [9.17, 15) is 0 Å². The second-order valence-corrected chi connectivity index (χ2v) is 4.20. The van der Waals surface area contributed by atoms with Gasteiger partial charge in [0, 0.05) is 17.2 Å². The van der Waals surface area contributed by atoms with Crippen molar-refractivity contribution in [3.8, 4) is 11.5 Å². The number of ether oxygens (including phenoxy) is 1. The Morgan fingerprint density at radius 1 is 1.12 bits per heavy atom. The molecule has 16 heavy (non-hydrogen) atoms. The summed E-state index contributed by atoms with van der Waals surface area (Å²) in [6, 6.07) is 9.51. The molecule has 1 aromatic heterocycles. The van der Waals surface area contributed by atoms with Gasteiger partial charge in [0.25, 0.3) is 0 Å². The SMILES string of the molecule is NCc1cncc(Oc2ccc(Br)cc2)c1. The summed E-state index contributed by atoms with van der Waals surface area (Å²) in [5.74, 6) is 1.48. The van der Waals surface area contributed by atoms with Gasteiger partial charge in [-0.15, -0.1) is 0 Å². The molecular weight excluding hydrogens is 268 g/mol. The molecule has 0 bridgehead atoms. The Morgan fingerprint density at radius 3 is 2.56 bits per heavy atom. The van der Waals surface area contributed by atoms with E-state index in [-0.39, 0.29) is 0 Å². The minimum absolute atomic E-state index is 0.463. The fourth-order valence-electron chi connectivity index (χ4n) is 1.27. The Hall–Kier alpha value is -1.39. The summed E-state index contributed by atoms with van der Waals surface area (Å²) in [6.07, 6.45) is 3.40. The van der Waals surface area contributed by atoms with Gasteiger partial charge < -0.3 is 10.5 Å². The van der Waals surface area contributed by atoms with Crippen LogP contribution in [0.15, 0.2) is 47.2 Å². The number of rotatable bonds is 3. The summed E-state index contributed by atoms with van der Waals surface area (Å²) in [4.78, 5) is 4.05. The number of benzene rings is 1. The van der Waals surface area contributed by atoms with Crippen molar-refractivity contribution in [2.24, 2.45) is 5.73 Å². The van der Waals surface area contributed by atoms with E-state index in [1.165, 1.54) is 0 Å². The van der Waals surface area contributed by atoms with Crippen LogP contribution in [0.25, 0.3) is 0 Å². The first-order chi connectivity index (χ1) is 7.78. The molecule has 3 nitrogen and oxygen atoms in total. The molecule has 0 aliphatic carbocycles. The van der Waals surface area contributed by atoms with Crippen molar-refractivity contribution in [3.05, 3.63) is 52.8 Å². The molecule has 2 rings (SSSR count). The maximum absolute atomic E-state index is 5.64. The molecule has 2 N–H and O–H groups in total. The third-order valence-corrected chi connectivity index (χ3v) is 2.58. The average molecular weight is 279 g/mol. The zero-order chi connectivity index (χ0) is 11.4. The lowest BCUT2D eigenvalue weighted by molar-refractivity contribution is 0.479. The van der Waals surface area contributed by atoms with Crippen molar-refractivity contribution in [1.82, 2.24) is 4.98 Å². The minimum Gasteiger partial charge on any atom is -0.456 e. The highest BCUT2D eigenvalue weighted by atomic mass is 79.9. The molecule has 0 saturated carbocycles. The summed E-state index contributed by atoms with van der Waals surface area (Å²) < 4.78 is 6.66. The number of nitrogens with two attached hydrogens (primary N) is 1. The van der Waals surface area contributed by atoms with Gasteiger partial charge in [0.1, 0.15) is 11.5 Å². The molecule has 82 valence electrons. The Labute approximate surface area is 102 Å². The van der Waals surface area contributed by atoms with E-state index in [2.05, 4.69) is 20.9 Å². The molecule has 0 saturated heterocycles. The number of aromatic nitrogens is 1. The average Bonchev–Trinajstić information content (AvgIpc) is 2.32. The lowest BCUT2D eigenvalue weighted by Crippen LogP contribution is -1.97. The minimum atomic E-state index is 0.463. The van der Waals surface area contributed by atoms with Crippen LogP contribution in [0.4, 0.5) is 0 Å². The summed E-state index contributed by atoms with van der Waals surface area (Å²) in [6.45, 7) is 0.463. The van der Waals surface area contributed by atoms with Gasteiger partial charge in [-0.1, -0.05) is 15.9 Å². The molecule has 0 aliphatic rings. The third kappa shape index (κ3) is 2.81. The predicted octanol–water partition coefficient (Wildman–Crippen LogP) is 3.10. The quantitative estimate of drug-likeness (QED) is 0.939. The summed E-state index contributed by atoms with van der Waals surface area (Å²) >= 11 is 3.37. The van der Waals surface area contributed by atoms with Crippen molar-refractivity contribution in [2.75, 3.05) is 0 Å². The Bertz CT molecular complexity index is 471. The Balaban J connectivity index is 2.16. The molecular formula is C12H11BrN2O. The van der Waals surface area contributed by atoms with Crippen LogP contribution in [0.5, 0.6) is 11.5 Å². The van der Waals surface area contributed by atoms with Gasteiger partial charge in [-0.25, -0.2) is 0 Å². The number of hydrogen-bond acceptors (Lipinski definition) is 3. The van der Waals surface area contributed by atoms with Crippen molar-refractivity contribution in [3.63, 3.8) is 0 Å². The van der Waals surface area contributed by atoms with Gasteiger partial charge in [-0.05, 0) is 35.9 Å². The largest absolute Gasteiger partial charge is 0.456 e. The molecule has 1 aromatic carbocycles. The molecule has 0 atom stereocenters. The van der Waals surface area contributed by atoms with Gasteiger partial charge in [0.15, 0.2) is 0 Å². The molecule has 0 spiro atoms. The molecule has 0 fully saturated rings. The topological polar surface area (TPSA) is 48.1 Å². The van der Waals surface area contributed by atoms with E-state index in [1.807, 2.05) is 30.3 Å². The standard InChI is InChI=1S/C12H11BrN2O/c13-10-1-3-11(4-2-10)16-12-5-9(6-14)7-15-8-12/h1-5,7-8H,6,14H2. The molecule has 0 unspecified atom stereocenters. The second-order valence-electron chi connectivity index (χ2n) is 3.29. The van der Waals surface area contributed by atoms with E-state index in [1.54, 1.807) is 12.4 Å². The van der Waals surface area contributed by atoms with Crippen LogP contribution in [0.1, 0.15) is 5.56 Å². The monoisotopic (exact) mass is 278 g/mol. The maximum atomic E-state index is 5.64. The van der Waals surface area contributed by atoms with Crippen molar-refractivity contribution in [2.45, 2.75) is 6.54 Å². The fraction of sp³-hybridized carbons (Fsp3) is 0.0833. The fourth-order valence-corrected chi connectivity index (χ4v) is 1.53. The third-order valence-electron chi connectivity index (χ3n) is 2.05. The van der Waals surface area contributed by atoms with Gasteiger partial charge in [-0.2, -0.15) is 0 Å². The summed E-state index contributed by atoms with van der Waals surface area (Å²) in [5, 5.41) is 0. The highest BCUT2D eigenvalue weighted by Gasteiger charge is 1.99. The molecule has 0 amide bonds. The molecule has 1 heterocycles. The van der Waals surface area contributed by atoms with Crippen LogP contribution >= 0.6 is 15.9 Å².